The lowest BCUT2D eigenvalue weighted by Crippen LogP contribution is -2.33. The van der Waals surface area contributed by atoms with E-state index in [0.717, 1.165) is 43.5 Å². The first kappa shape index (κ1) is 17.4. The van der Waals surface area contributed by atoms with E-state index in [9.17, 15) is 4.79 Å². The fourth-order valence-electron chi connectivity index (χ4n) is 4.11. The SMILES string of the molecule is O=c1[nH]c2ccccc2n1C=CCN1CCC(c2nsc3ccccc23)CC1. The molecule has 2 aromatic heterocycles. The number of nitrogens with zero attached hydrogens (tertiary/aromatic N) is 3. The van der Waals surface area contributed by atoms with Gasteiger partial charge in [0.15, 0.2) is 0 Å². The summed E-state index contributed by atoms with van der Waals surface area (Å²) in [6.45, 7) is 2.98. The van der Waals surface area contributed by atoms with Crippen molar-refractivity contribution in [1.82, 2.24) is 18.8 Å². The molecule has 1 aliphatic rings. The van der Waals surface area contributed by atoms with Gasteiger partial charge in [-0.15, -0.1) is 0 Å². The summed E-state index contributed by atoms with van der Waals surface area (Å²) in [5, 5.41) is 1.32. The van der Waals surface area contributed by atoms with Crippen molar-refractivity contribution in [2.45, 2.75) is 18.8 Å². The quantitative estimate of drug-likeness (QED) is 0.566. The molecule has 0 bridgehead atoms. The minimum absolute atomic E-state index is 0.0911. The van der Waals surface area contributed by atoms with Crippen LogP contribution in [0.2, 0.25) is 0 Å². The number of aromatic nitrogens is 3. The number of H-pyrrole nitrogens is 1. The highest BCUT2D eigenvalue weighted by Gasteiger charge is 2.23. The number of piperidine rings is 1. The lowest BCUT2D eigenvalue weighted by Gasteiger charge is -2.30. The molecule has 5 rings (SSSR count). The predicted octanol–water partition coefficient (Wildman–Crippen LogP) is 4.29. The van der Waals surface area contributed by atoms with Crippen molar-refractivity contribution in [2.24, 2.45) is 0 Å². The minimum Gasteiger partial charge on any atom is -0.305 e. The van der Waals surface area contributed by atoms with Gasteiger partial charge in [0.05, 0.1) is 21.4 Å². The van der Waals surface area contributed by atoms with Crippen molar-refractivity contribution in [3.8, 4) is 0 Å². The molecule has 0 radical (unpaired) electrons. The third-order valence-electron chi connectivity index (χ3n) is 5.62. The highest BCUT2D eigenvalue weighted by molar-refractivity contribution is 7.13. The first-order chi connectivity index (χ1) is 13.8. The fraction of sp³-hybridized carbons (Fsp3) is 0.273. The first-order valence-electron chi connectivity index (χ1n) is 9.72. The Labute approximate surface area is 167 Å². The second kappa shape index (κ2) is 7.37. The van der Waals surface area contributed by atoms with Gasteiger partial charge in [-0.25, -0.2) is 4.79 Å². The van der Waals surface area contributed by atoms with Crippen molar-refractivity contribution in [2.75, 3.05) is 19.6 Å². The largest absolute Gasteiger partial charge is 0.330 e. The van der Waals surface area contributed by atoms with Crippen LogP contribution in [0.3, 0.4) is 0 Å². The van der Waals surface area contributed by atoms with Gasteiger partial charge in [-0.3, -0.25) is 9.47 Å². The number of imidazole rings is 1. The molecule has 1 saturated heterocycles. The minimum atomic E-state index is -0.0911. The van der Waals surface area contributed by atoms with Crippen molar-refractivity contribution in [1.29, 1.82) is 0 Å². The van der Waals surface area contributed by atoms with Crippen molar-refractivity contribution < 1.29 is 0 Å². The lowest BCUT2D eigenvalue weighted by molar-refractivity contribution is 0.232. The van der Waals surface area contributed by atoms with E-state index in [4.69, 9.17) is 4.37 Å². The molecule has 5 nitrogen and oxygen atoms in total. The summed E-state index contributed by atoms with van der Waals surface area (Å²) >= 11 is 1.61. The Hall–Kier alpha value is -2.70. The van der Waals surface area contributed by atoms with Crippen molar-refractivity contribution in [3.63, 3.8) is 0 Å². The Balaban J connectivity index is 1.23. The normalized spacial score (nSPS) is 16.6. The van der Waals surface area contributed by atoms with Crippen LogP contribution in [0.1, 0.15) is 24.5 Å². The van der Waals surface area contributed by atoms with Crippen LogP contribution in [0.4, 0.5) is 0 Å². The third-order valence-corrected chi connectivity index (χ3v) is 6.46. The lowest BCUT2D eigenvalue weighted by atomic mass is 9.91. The van der Waals surface area contributed by atoms with E-state index in [1.54, 1.807) is 16.1 Å². The number of rotatable bonds is 4. The van der Waals surface area contributed by atoms with Gasteiger partial charge in [0.1, 0.15) is 0 Å². The monoisotopic (exact) mass is 390 g/mol. The molecule has 142 valence electrons. The number of fused-ring (bicyclic) bond motifs is 2. The predicted molar refractivity (Wildman–Crippen MR) is 116 cm³/mol. The van der Waals surface area contributed by atoms with E-state index in [1.165, 1.54) is 15.8 Å². The van der Waals surface area contributed by atoms with E-state index in [2.05, 4.69) is 40.2 Å². The topological polar surface area (TPSA) is 53.9 Å². The summed E-state index contributed by atoms with van der Waals surface area (Å²) in [6, 6.07) is 16.3. The first-order valence-corrected chi connectivity index (χ1v) is 10.5. The Kier molecular flexibility index (Phi) is 4.58. The summed E-state index contributed by atoms with van der Waals surface area (Å²) in [5.74, 6) is 0.549. The van der Waals surface area contributed by atoms with E-state index in [1.807, 2.05) is 30.5 Å². The second-order valence-corrected chi connectivity index (χ2v) is 8.15. The highest BCUT2D eigenvalue weighted by atomic mass is 32.1. The maximum Gasteiger partial charge on any atom is 0.330 e. The molecule has 0 aliphatic carbocycles. The molecule has 2 aromatic carbocycles. The second-order valence-electron chi connectivity index (χ2n) is 7.34. The molecule has 0 amide bonds. The van der Waals surface area contributed by atoms with E-state index in [0.29, 0.717) is 5.92 Å². The standard InChI is InChI=1S/C22H22N4OS/c27-22-23-18-7-2-3-8-19(18)26(22)13-5-12-25-14-10-16(11-15-25)21-17-6-1-4-9-20(17)28-24-21/h1-9,13,16H,10-12,14-15H2,(H,23,27). The number of hydrogen-bond acceptors (Lipinski definition) is 4. The fourth-order valence-corrected chi connectivity index (χ4v) is 4.97. The molecular weight excluding hydrogens is 368 g/mol. The van der Waals surface area contributed by atoms with Gasteiger partial charge in [-0.2, -0.15) is 4.37 Å². The Bertz CT molecular complexity index is 1190. The van der Waals surface area contributed by atoms with Gasteiger partial charge in [-0.05, 0) is 55.7 Å². The molecule has 1 aliphatic heterocycles. The Morgan fingerprint density at radius 3 is 2.79 bits per heavy atom. The van der Waals surface area contributed by atoms with E-state index < -0.39 is 0 Å². The van der Waals surface area contributed by atoms with Gasteiger partial charge in [0.2, 0.25) is 0 Å². The molecule has 28 heavy (non-hydrogen) atoms. The number of nitrogens with one attached hydrogen (secondary N) is 1. The molecule has 4 aromatic rings. The van der Waals surface area contributed by atoms with Gasteiger partial charge in [-0.1, -0.05) is 36.4 Å². The van der Waals surface area contributed by atoms with Crippen LogP contribution in [-0.2, 0) is 0 Å². The van der Waals surface area contributed by atoms with Crippen LogP contribution in [0.25, 0.3) is 27.3 Å². The average molecular weight is 391 g/mol. The number of para-hydroxylation sites is 2. The maximum atomic E-state index is 12.1. The molecule has 0 spiro atoms. The number of aromatic amines is 1. The van der Waals surface area contributed by atoms with Crippen LogP contribution < -0.4 is 5.69 Å². The van der Waals surface area contributed by atoms with Gasteiger partial charge < -0.3 is 4.98 Å². The summed E-state index contributed by atoms with van der Waals surface area (Å²) in [7, 11) is 0. The highest BCUT2D eigenvalue weighted by Crippen LogP contribution is 2.34. The van der Waals surface area contributed by atoms with Crippen LogP contribution in [0.15, 0.2) is 59.4 Å². The molecule has 1 fully saturated rings. The summed E-state index contributed by atoms with van der Waals surface area (Å²) < 4.78 is 7.71. The summed E-state index contributed by atoms with van der Waals surface area (Å²) in [4.78, 5) is 17.5. The summed E-state index contributed by atoms with van der Waals surface area (Å²) in [6.07, 6.45) is 6.24. The van der Waals surface area contributed by atoms with Crippen LogP contribution >= 0.6 is 11.5 Å². The zero-order valence-corrected chi connectivity index (χ0v) is 16.4. The Morgan fingerprint density at radius 1 is 1.11 bits per heavy atom. The number of likely N-dealkylation sites (tertiary alicyclic amines) is 1. The Morgan fingerprint density at radius 2 is 1.89 bits per heavy atom. The van der Waals surface area contributed by atoms with Gasteiger partial charge in [0.25, 0.3) is 0 Å². The average Bonchev–Trinajstić information content (AvgIpc) is 3.30. The molecule has 1 N–H and O–H groups in total. The third kappa shape index (κ3) is 3.19. The molecule has 0 atom stereocenters. The number of hydrogen-bond donors (Lipinski definition) is 1. The van der Waals surface area contributed by atoms with Crippen LogP contribution in [0, 0.1) is 0 Å². The smallest absolute Gasteiger partial charge is 0.305 e. The zero-order valence-electron chi connectivity index (χ0n) is 15.5. The van der Waals surface area contributed by atoms with E-state index >= 15 is 0 Å². The number of benzene rings is 2. The van der Waals surface area contributed by atoms with Crippen molar-refractivity contribution >= 4 is 38.9 Å². The van der Waals surface area contributed by atoms with E-state index in [-0.39, 0.29) is 5.69 Å². The molecular formula is C22H22N4OS. The molecule has 0 saturated carbocycles. The van der Waals surface area contributed by atoms with Crippen molar-refractivity contribution in [3.05, 3.63) is 70.8 Å². The molecule has 3 heterocycles. The van der Waals surface area contributed by atoms with Crippen LogP contribution in [0.5, 0.6) is 0 Å². The molecule has 0 unspecified atom stereocenters. The van der Waals surface area contributed by atoms with Gasteiger partial charge in [0, 0.05) is 24.0 Å². The summed E-state index contributed by atoms with van der Waals surface area (Å²) in [5.41, 5.74) is 2.97. The maximum absolute atomic E-state index is 12.1. The van der Waals surface area contributed by atoms with Gasteiger partial charge >= 0.3 is 5.69 Å². The zero-order chi connectivity index (χ0) is 18.9. The molecule has 6 heteroatoms. The van der Waals surface area contributed by atoms with Crippen LogP contribution in [-0.4, -0.2) is 38.5 Å².